The molecule has 17 heavy (non-hydrogen) atoms. The van der Waals surface area contributed by atoms with Gasteiger partial charge in [-0.1, -0.05) is 36.4 Å². The van der Waals surface area contributed by atoms with Gasteiger partial charge in [0.05, 0.1) is 11.4 Å². The van der Waals surface area contributed by atoms with Crippen LogP contribution in [-0.2, 0) is 0 Å². The average Bonchev–Trinajstić information content (AvgIpc) is 2.77. The Kier molecular flexibility index (Phi) is 1.64. The fourth-order valence-corrected chi connectivity index (χ4v) is 2.60. The molecule has 0 bridgehead atoms. The molecule has 0 N–H and O–H groups in total. The van der Waals surface area contributed by atoms with Crippen molar-refractivity contribution in [2.75, 3.05) is 0 Å². The van der Waals surface area contributed by atoms with E-state index in [9.17, 15) is 0 Å². The third kappa shape index (κ3) is 1.15. The molecular weight excluding hydrogens is 208 g/mol. The predicted molar refractivity (Wildman–Crippen MR) is 70.8 cm³/mol. The van der Waals surface area contributed by atoms with Crippen molar-refractivity contribution in [3.8, 4) is 0 Å². The molecule has 0 saturated carbocycles. The summed E-state index contributed by atoms with van der Waals surface area (Å²) in [6, 6.07) is 8.55. The molecule has 2 heteroatoms. The fourth-order valence-electron chi connectivity index (χ4n) is 2.60. The lowest BCUT2D eigenvalue weighted by atomic mass is 10.1. The molecule has 2 aliphatic rings. The maximum absolute atomic E-state index is 2.28. The molecule has 4 rings (SSSR count). The Morgan fingerprint density at radius 1 is 1.00 bits per heavy atom. The lowest BCUT2D eigenvalue weighted by Crippen LogP contribution is -2.16. The molecule has 0 saturated heterocycles. The van der Waals surface area contributed by atoms with E-state index in [-0.39, 0.29) is 0 Å². The molecule has 2 aromatic rings. The molecule has 0 fully saturated rings. The Morgan fingerprint density at radius 2 is 1.94 bits per heavy atom. The van der Waals surface area contributed by atoms with Gasteiger partial charge in [0, 0.05) is 35.6 Å². The second-order valence-corrected chi connectivity index (χ2v) is 4.39. The number of nitrogens with zero attached hydrogens (tertiary/aromatic N) is 2. The van der Waals surface area contributed by atoms with Gasteiger partial charge in [0.25, 0.3) is 0 Å². The Hall–Kier alpha value is -2.22. The van der Waals surface area contributed by atoms with Crippen LogP contribution in [0.3, 0.4) is 0 Å². The van der Waals surface area contributed by atoms with Crippen molar-refractivity contribution in [1.29, 1.82) is 0 Å². The molecule has 0 aliphatic carbocycles. The molecule has 0 radical (unpaired) electrons. The molecule has 2 nitrogen and oxygen atoms in total. The summed E-state index contributed by atoms with van der Waals surface area (Å²) >= 11 is 0. The second-order valence-electron chi connectivity index (χ2n) is 4.39. The van der Waals surface area contributed by atoms with Gasteiger partial charge < -0.3 is 9.47 Å². The molecule has 3 heterocycles. The molecule has 0 spiro atoms. The van der Waals surface area contributed by atoms with Crippen LogP contribution in [0.2, 0.25) is 0 Å². The number of hydrogen-bond donors (Lipinski definition) is 0. The molecule has 1 aromatic heterocycles. The van der Waals surface area contributed by atoms with Crippen LogP contribution in [-0.4, -0.2) is 9.47 Å². The van der Waals surface area contributed by atoms with Gasteiger partial charge in [-0.05, 0) is 6.42 Å². The SMILES string of the molecule is C1=CN2C=Cn3cc4ccccc4c3C2=CC1. The maximum Gasteiger partial charge on any atom is 0.0769 e. The van der Waals surface area contributed by atoms with Gasteiger partial charge in [-0.25, -0.2) is 0 Å². The van der Waals surface area contributed by atoms with Crippen LogP contribution in [0.15, 0.2) is 55.0 Å². The van der Waals surface area contributed by atoms with E-state index < -0.39 is 0 Å². The lowest BCUT2D eigenvalue weighted by Gasteiger charge is -2.27. The summed E-state index contributed by atoms with van der Waals surface area (Å²) in [5, 5.41) is 2.62. The minimum absolute atomic E-state index is 1.01. The highest BCUT2D eigenvalue weighted by atomic mass is 15.2. The van der Waals surface area contributed by atoms with Gasteiger partial charge in [-0.2, -0.15) is 0 Å². The van der Waals surface area contributed by atoms with Crippen LogP contribution in [0, 0.1) is 0 Å². The van der Waals surface area contributed by atoms with Gasteiger partial charge in [0.1, 0.15) is 0 Å². The summed E-state index contributed by atoms with van der Waals surface area (Å²) in [4.78, 5) is 2.19. The highest BCUT2D eigenvalue weighted by molar-refractivity contribution is 5.95. The van der Waals surface area contributed by atoms with Crippen LogP contribution in [0.5, 0.6) is 0 Å². The van der Waals surface area contributed by atoms with Crippen molar-refractivity contribution in [2.45, 2.75) is 6.42 Å². The van der Waals surface area contributed by atoms with Crippen molar-refractivity contribution in [1.82, 2.24) is 9.47 Å². The van der Waals surface area contributed by atoms with E-state index in [1.54, 1.807) is 0 Å². The Morgan fingerprint density at radius 3 is 2.94 bits per heavy atom. The van der Waals surface area contributed by atoms with Gasteiger partial charge >= 0.3 is 0 Å². The van der Waals surface area contributed by atoms with Crippen LogP contribution in [0.25, 0.3) is 22.7 Å². The minimum atomic E-state index is 1.01. The van der Waals surface area contributed by atoms with Gasteiger partial charge in [0.15, 0.2) is 0 Å². The first-order valence-electron chi connectivity index (χ1n) is 5.87. The zero-order valence-corrected chi connectivity index (χ0v) is 9.38. The molecule has 0 amide bonds. The first kappa shape index (κ1) is 8.88. The average molecular weight is 220 g/mol. The minimum Gasteiger partial charge on any atom is -0.321 e. The van der Waals surface area contributed by atoms with Crippen LogP contribution in [0.4, 0.5) is 0 Å². The smallest absolute Gasteiger partial charge is 0.0769 e. The van der Waals surface area contributed by atoms with E-state index in [2.05, 4.69) is 70.7 Å². The highest BCUT2D eigenvalue weighted by Gasteiger charge is 2.19. The quantitative estimate of drug-likeness (QED) is 0.658. The predicted octanol–water partition coefficient (Wildman–Crippen LogP) is 3.64. The van der Waals surface area contributed by atoms with E-state index in [4.69, 9.17) is 0 Å². The monoisotopic (exact) mass is 220 g/mol. The van der Waals surface area contributed by atoms with E-state index in [0.29, 0.717) is 0 Å². The Balaban J connectivity index is 2.07. The fraction of sp³-hybridized carbons (Fsp3) is 0.0667. The number of fused-ring (bicyclic) bond motifs is 5. The number of rotatable bonds is 0. The van der Waals surface area contributed by atoms with E-state index in [1.807, 2.05) is 0 Å². The van der Waals surface area contributed by atoms with E-state index in [0.717, 1.165) is 6.42 Å². The topological polar surface area (TPSA) is 8.17 Å². The Labute approximate surface area is 99.8 Å². The zero-order chi connectivity index (χ0) is 11.2. The summed E-state index contributed by atoms with van der Waals surface area (Å²) in [6.07, 6.45) is 14.0. The largest absolute Gasteiger partial charge is 0.321 e. The van der Waals surface area contributed by atoms with E-state index >= 15 is 0 Å². The number of allylic oxidation sites excluding steroid dienone is 2. The molecule has 0 atom stereocenters. The first-order chi connectivity index (χ1) is 8.43. The molecule has 0 unspecified atom stereocenters. The third-order valence-corrected chi connectivity index (χ3v) is 3.37. The summed E-state index contributed by atoms with van der Waals surface area (Å²) in [5.74, 6) is 0. The number of aromatic nitrogens is 1. The van der Waals surface area contributed by atoms with Crippen LogP contribution < -0.4 is 0 Å². The van der Waals surface area contributed by atoms with Crippen molar-refractivity contribution < 1.29 is 0 Å². The standard InChI is InChI=1S/C15H12N2/c1-2-6-13-12(5-1)11-17-10-9-16-8-4-3-7-14(16)15(13)17/h1-2,4-11H,3H2. The van der Waals surface area contributed by atoms with Gasteiger partial charge in [0.2, 0.25) is 0 Å². The first-order valence-corrected chi connectivity index (χ1v) is 5.87. The molecule has 1 aromatic carbocycles. The summed E-state index contributed by atoms with van der Waals surface area (Å²) in [6.45, 7) is 0. The molecular formula is C15H12N2. The lowest BCUT2D eigenvalue weighted by molar-refractivity contribution is 0.688. The maximum atomic E-state index is 2.28. The highest BCUT2D eigenvalue weighted by Crippen LogP contribution is 2.34. The summed E-state index contributed by atoms with van der Waals surface area (Å²) < 4.78 is 2.21. The number of benzene rings is 1. The zero-order valence-electron chi connectivity index (χ0n) is 9.38. The number of hydrogen-bond acceptors (Lipinski definition) is 1. The van der Waals surface area contributed by atoms with Crippen molar-refractivity contribution in [3.63, 3.8) is 0 Å². The van der Waals surface area contributed by atoms with Crippen molar-refractivity contribution in [2.24, 2.45) is 0 Å². The van der Waals surface area contributed by atoms with E-state index in [1.165, 1.54) is 22.2 Å². The third-order valence-electron chi connectivity index (χ3n) is 3.37. The second kappa shape index (κ2) is 3.14. The van der Waals surface area contributed by atoms with Crippen LogP contribution in [0.1, 0.15) is 12.1 Å². The van der Waals surface area contributed by atoms with Gasteiger partial charge in [-0.3, -0.25) is 0 Å². The van der Waals surface area contributed by atoms with Crippen molar-refractivity contribution >= 4 is 22.7 Å². The van der Waals surface area contributed by atoms with Crippen molar-refractivity contribution in [3.05, 3.63) is 60.7 Å². The normalized spacial score (nSPS) is 16.9. The molecule has 2 aliphatic heterocycles. The van der Waals surface area contributed by atoms with Crippen LogP contribution >= 0.6 is 0 Å². The molecule has 82 valence electrons. The summed E-state index contributed by atoms with van der Waals surface area (Å²) in [7, 11) is 0. The Bertz CT molecular complexity index is 686. The summed E-state index contributed by atoms with van der Waals surface area (Å²) in [5.41, 5.74) is 2.59. The van der Waals surface area contributed by atoms with Gasteiger partial charge in [-0.15, -0.1) is 0 Å².